The second-order valence-corrected chi connectivity index (χ2v) is 4.47. The van der Waals surface area contributed by atoms with Gasteiger partial charge in [0.15, 0.2) is 0 Å². The van der Waals surface area contributed by atoms with Gasteiger partial charge in [-0.05, 0) is 13.0 Å². The predicted molar refractivity (Wildman–Crippen MR) is 69.7 cm³/mol. The van der Waals surface area contributed by atoms with E-state index in [0.29, 0.717) is 0 Å². The first-order valence-electron chi connectivity index (χ1n) is 5.73. The summed E-state index contributed by atoms with van der Waals surface area (Å²) in [4.78, 5) is 22.1. The van der Waals surface area contributed by atoms with Crippen LogP contribution < -0.4 is 10.1 Å². The molecule has 0 aliphatic rings. The van der Waals surface area contributed by atoms with Gasteiger partial charge in [-0.15, -0.1) is 0 Å². The maximum atomic E-state index is 12.1. The van der Waals surface area contributed by atoms with E-state index in [2.05, 4.69) is 5.32 Å². The summed E-state index contributed by atoms with van der Waals surface area (Å²) in [7, 11) is 1.28. The van der Waals surface area contributed by atoms with Crippen molar-refractivity contribution in [2.24, 2.45) is 0 Å². The Hall–Kier alpha value is -2.19. The molecule has 1 rings (SSSR count). The average Bonchev–Trinajstić information content (AvgIpc) is 2.46. The van der Waals surface area contributed by atoms with Crippen molar-refractivity contribution in [2.45, 2.75) is 12.5 Å². The largest absolute Gasteiger partial charge is 0.496 e. The lowest BCUT2D eigenvalue weighted by atomic mass is 10.0. The summed E-state index contributed by atoms with van der Waals surface area (Å²) in [6.07, 6.45) is 0. The number of nitro groups is 1. The SMILES string of the molecule is COc1cc([N+](=O)[O-])ccc1C(=O)NC(C)(CO)CO. The van der Waals surface area contributed by atoms with Crippen LogP contribution in [-0.4, -0.2) is 46.9 Å². The highest BCUT2D eigenvalue weighted by Gasteiger charge is 2.27. The van der Waals surface area contributed by atoms with Crippen molar-refractivity contribution >= 4 is 11.6 Å². The number of carbonyl (C=O) groups is 1. The van der Waals surface area contributed by atoms with Crippen LogP contribution in [0, 0.1) is 10.1 Å². The minimum absolute atomic E-state index is 0.0370. The highest BCUT2D eigenvalue weighted by molar-refractivity contribution is 5.97. The van der Waals surface area contributed by atoms with Gasteiger partial charge in [0.1, 0.15) is 5.75 Å². The van der Waals surface area contributed by atoms with Gasteiger partial charge < -0.3 is 20.3 Å². The molecule has 0 aromatic heterocycles. The monoisotopic (exact) mass is 284 g/mol. The Labute approximate surface area is 115 Å². The third-order valence-electron chi connectivity index (χ3n) is 2.75. The fourth-order valence-corrected chi connectivity index (χ4v) is 1.45. The Kier molecular flexibility index (Phi) is 5.00. The first-order chi connectivity index (χ1) is 9.36. The second kappa shape index (κ2) is 6.31. The van der Waals surface area contributed by atoms with Gasteiger partial charge in [0.05, 0.1) is 42.4 Å². The van der Waals surface area contributed by atoms with Gasteiger partial charge in [0.25, 0.3) is 11.6 Å². The number of nitro benzene ring substituents is 1. The number of non-ortho nitro benzene ring substituents is 1. The standard InChI is InChI=1S/C12H16N2O6/c1-12(6-15,7-16)13-11(17)9-4-3-8(14(18)19)5-10(9)20-2/h3-5,15-16H,6-7H2,1-2H3,(H,13,17). The van der Waals surface area contributed by atoms with E-state index in [1.807, 2.05) is 0 Å². The molecule has 110 valence electrons. The van der Waals surface area contributed by atoms with E-state index in [1.54, 1.807) is 0 Å². The molecule has 0 aliphatic heterocycles. The van der Waals surface area contributed by atoms with Gasteiger partial charge in [-0.1, -0.05) is 0 Å². The van der Waals surface area contributed by atoms with E-state index in [-0.39, 0.29) is 17.0 Å². The van der Waals surface area contributed by atoms with Crippen LogP contribution in [0.15, 0.2) is 18.2 Å². The molecule has 3 N–H and O–H groups in total. The third kappa shape index (κ3) is 3.43. The highest BCUT2D eigenvalue weighted by atomic mass is 16.6. The summed E-state index contributed by atoms with van der Waals surface area (Å²) in [6.45, 7) is 0.553. The smallest absolute Gasteiger partial charge is 0.273 e. The molecule has 0 radical (unpaired) electrons. The summed E-state index contributed by atoms with van der Waals surface area (Å²) in [5.74, 6) is -0.572. The number of nitrogens with one attached hydrogen (secondary N) is 1. The molecule has 20 heavy (non-hydrogen) atoms. The normalized spacial score (nSPS) is 11.0. The number of hydrogen-bond donors (Lipinski definition) is 3. The summed E-state index contributed by atoms with van der Waals surface area (Å²) in [5, 5.41) is 31.4. The number of rotatable bonds is 6. The van der Waals surface area contributed by atoms with Gasteiger partial charge in [-0.3, -0.25) is 14.9 Å². The van der Waals surface area contributed by atoms with Gasteiger partial charge >= 0.3 is 0 Å². The zero-order valence-corrected chi connectivity index (χ0v) is 11.1. The average molecular weight is 284 g/mol. The lowest BCUT2D eigenvalue weighted by Crippen LogP contribution is -2.51. The van der Waals surface area contributed by atoms with Gasteiger partial charge in [-0.2, -0.15) is 0 Å². The predicted octanol–water partition coefficient (Wildman–Crippen LogP) is 0.0765. The van der Waals surface area contributed by atoms with Crippen LogP contribution in [0.5, 0.6) is 5.75 Å². The van der Waals surface area contributed by atoms with Crippen LogP contribution in [0.2, 0.25) is 0 Å². The Morgan fingerprint density at radius 3 is 2.50 bits per heavy atom. The Balaban J connectivity index is 3.07. The molecule has 8 heteroatoms. The van der Waals surface area contributed by atoms with Crippen LogP contribution in [0.25, 0.3) is 0 Å². The van der Waals surface area contributed by atoms with E-state index in [0.717, 1.165) is 6.07 Å². The topological polar surface area (TPSA) is 122 Å². The second-order valence-electron chi connectivity index (χ2n) is 4.47. The van der Waals surface area contributed by atoms with Crippen molar-refractivity contribution in [1.29, 1.82) is 0 Å². The molecule has 0 saturated carbocycles. The number of amides is 1. The van der Waals surface area contributed by atoms with E-state index in [4.69, 9.17) is 14.9 Å². The zero-order valence-electron chi connectivity index (χ0n) is 11.1. The van der Waals surface area contributed by atoms with E-state index >= 15 is 0 Å². The van der Waals surface area contributed by atoms with E-state index in [1.165, 1.54) is 26.2 Å². The van der Waals surface area contributed by atoms with Crippen LogP contribution in [-0.2, 0) is 0 Å². The highest BCUT2D eigenvalue weighted by Crippen LogP contribution is 2.24. The van der Waals surface area contributed by atoms with Gasteiger partial charge in [-0.25, -0.2) is 0 Å². The molecule has 1 aromatic rings. The number of methoxy groups -OCH3 is 1. The molecule has 0 spiro atoms. The summed E-state index contributed by atoms with van der Waals surface area (Å²) >= 11 is 0. The Bertz CT molecular complexity index is 513. The zero-order chi connectivity index (χ0) is 15.3. The molecule has 0 unspecified atom stereocenters. The molecule has 8 nitrogen and oxygen atoms in total. The summed E-state index contributed by atoms with van der Waals surface area (Å²) < 4.78 is 4.95. The van der Waals surface area contributed by atoms with Gasteiger partial charge in [0, 0.05) is 6.07 Å². The fourth-order valence-electron chi connectivity index (χ4n) is 1.45. The lowest BCUT2D eigenvalue weighted by Gasteiger charge is -2.26. The minimum atomic E-state index is -1.19. The van der Waals surface area contributed by atoms with Crippen molar-refractivity contribution in [1.82, 2.24) is 5.32 Å². The van der Waals surface area contributed by atoms with Crippen LogP contribution >= 0.6 is 0 Å². The molecular weight excluding hydrogens is 268 g/mol. The molecule has 0 heterocycles. The summed E-state index contributed by atoms with van der Waals surface area (Å²) in [6, 6.07) is 3.55. The maximum Gasteiger partial charge on any atom is 0.273 e. The molecule has 0 bridgehead atoms. The number of carbonyl (C=O) groups excluding carboxylic acids is 1. The number of aliphatic hydroxyl groups excluding tert-OH is 2. The number of benzene rings is 1. The van der Waals surface area contributed by atoms with Gasteiger partial charge in [0.2, 0.25) is 0 Å². The first-order valence-corrected chi connectivity index (χ1v) is 5.73. The molecular formula is C12H16N2O6. The van der Waals surface area contributed by atoms with Crippen molar-refractivity contribution in [2.75, 3.05) is 20.3 Å². The van der Waals surface area contributed by atoms with Crippen LogP contribution in [0.4, 0.5) is 5.69 Å². The van der Waals surface area contributed by atoms with E-state index < -0.39 is 29.6 Å². The third-order valence-corrected chi connectivity index (χ3v) is 2.75. The number of ether oxygens (including phenoxy) is 1. The van der Waals surface area contributed by atoms with Crippen molar-refractivity contribution < 1.29 is 24.7 Å². The fraction of sp³-hybridized carbons (Fsp3) is 0.417. The summed E-state index contributed by atoms with van der Waals surface area (Å²) in [5.41, 5.74) is -1.32. The van der Waals surface area contributed by atoms with Crippen LogP contribution in [0.3, 0.4) is 0 Å². The van der Waals surface area contributed by atoms with E-state index in [9.17, 15) is 14.9 Å². The molecule has 1 amide bonds. The molecule has 0 atom stereocenters. The van der Waals surface area contributed by atoms with Crippen molar-refractivity contribution in [3.63, 3.8) is 0 Å². The quantitative estimate of drug-likeness (QED) is 0.502. The molecule has 1 aromatic carbocycles. The minimum Gasteiger partial charge on any atom is -0.496 e. The number of hydrogen-bond acceptors (Lipinski definition) is 6. The molecule has 0 aliphatic carbocycles. The Morgan fingerprint density at radius 2 is 2.05 bits per heavy atom. The molecule has 0 fully saturated rings. The maximum absolute atomic E-state index is 12.1. The molecule has 0 saturated heterocycles. The lowest BCUT2D eigenvalue weighted by molar-refractivity contribution is -0.384. The van der Waals surface area contributed by atoms with Crippen molar-refractivity contribution in [3.05, 3.63) is 33.9 Å². The number of aliphatic hydroxyl groups is 2. The van der Waals surface area contributed by atoms with Crippen LogP contribution in [0.1, 0.15) is 17.3 Å². The first kappa shape index (κ1) is 15.9. The Morgan fingerprint density at radius 1 is 1.45 bits per heavy atom. The number of nitrogens with zero attached hydrogens (tertiary/aromatic N) is 1. The van der Waals surface area contributed by atoms with Crippen molar-refractivity contribution in [3.8, 4) is 5.75 Å².